The Balaban J connectivity index is 1.88. The Morgan fingerprint density at radius 2 is 1.88 bits per heavy atom. The Morgan fingerprint density at radius 3 is 2.54 bits per heavy atom. The number of aryl methyl sites for hydroxylation is 2. The zero-order valence-corrected chi connectivity index (χ0v) is 15.3. The molecule has 0 amide bonds. The van der Waals surface area contributed by atoms with E-state index in [-0.39, 0.29) is 17.9 Å². The summed E-state index contributed by atoms with van der Waals surface area (Å²) < 4.78 is 14.6. The van der Waals surface area contributed by atoms with Gasteiger partial charge in [0, 0.05) is 17.6 Å². The van der Waals surface area contributed by atoms with Gasteiger partial charge in [0.15, 0.2) is 5.11 Å². The van der Waals surface area contributed by atoms with Gasteiger partial charge >= 0.3 is 0 Å². The number of H-pyrrole nitrogens is 1. The average molecular weight is 366 g/mol. The largest absolute Gasteiger partial charge is 0.362 e. The first-order valence-electron chi connectivity index (χ1n) is 8.47. The van der Waals surface area contributed by atoms with Crippen LogP contribution < -0.4 is 10.2 Å². The molecule has 1 aliphatic rings. The summed E-state index contributed by atoms with van der Waals surface area (Å²) in [6, 6.07) is 14.2. The van der Waals surface area contributed by atoms with Crippen LogP contribution in [0.15, 0.2) is 54.7 Å². The molecule has 0 aliphatic carbocycles. The van der Waals surface area contributed by atoms with Gasteiger partial charge in [0.05, 0.1) is 23.5 Å². The van der Waals surface area contributed by atoms with Gasteiger partial charge in [-0.2, -0.15) is 0 Å². The third kappa shape index (κ3) is 2.76. The lowest BCUT2D eigenvalue weighted by atomic mass is 9.96. The summed E-state index contributed by atoms with van der Waals surface area (Å²) in [5.74, 6) is -0.298. The van der Waals surface area contributed by atoms with Gasteiger partial charge < -0.3 is 15.2 Å². The van der Waals surface area contributed by atoms with Crippen LogP contribution in [-0.2, 0) is 0 Å². The molecule has 6 heteroatoms. The molecule has 0 radical (unpaired) electrons. The summed E-state index contributed by atoms with van der Waals surface area (Å²) in [5, 5.41) is 3.84. The van der Waals surface area contributed by atoms with Crippen LogP contribution in [0.3, 0.4) is 0 Å². The highest BCUT2D eigenvalue weighted by molar-refractivity contribution is 7.80. The van der Waals surface area contributed by atoms with Crippen LogP contribution in [0.1, 0.15) is 34.7 Å². The third-order valence-electron chi connectivity index (χ3n) is 4.72. The molecular formula is C20H19FN4S. The number of anilines is 1. The number of thiocarbonyl (C=S) groups is 1. The maximum atomic E-state index is 14.6. The highest BCUT2D eigenvalue weighted by Crippen LogP contribution is 2.43. The molecule has 0 bridgehead atoms. The first kappa shape index (κ1) is 16.7. The molecule has 1 fully saturated rings. The minimum Gasteiger partial charge on any atom is -0.362 e. The topological polar surface area (TPSA) is 44.0 Å². The highest BCUT2D eigenvalue weighted by Gasteiger charge is 2.42. The number of para-hydroxylation sites is 1. The highest BCUT2D eigenvalue weighted by atomic mass is 32.1. The van der Waals surface area contributed by atoms with Gasteiger partial charge in [-0.25, -0.2) is 4.39 Å². The first-order valence-corrected chi connectivity index (χ1v) is 8.88. The molecule has 1 aromatic carbocycles. The third-order valence-corrected chi connectivity index (χ3v) is 5.03. The molecule has 3 aromatic rings. The van der Waals surface area contributed by atoms with Crippen LogP contribution in [0, 0.1) is 19.7 Å². The summed E-state index contributed by atoms with van der Waals surface area (Å²) in [6.45, 7) is 4.04. The van der Waals surface area contributed by atoms with E-state index in [9.17, 15) is 4.39 Å². The van der Waals surface area contributed by atoms with E-state index >= 15 is 0 Å². The fourth-order valence-electron chi connectivity index (χ4n) is 3.63. The van der Waals surface area contributed by atoms with E-state index in [0.717, 1.165) is 22.6 Å². The molecule has 1 saturated heterocycles. The van der Waals surface area contributed by atoms with Gasteiger partial charge in [0.25, 0.3) is 0 Å². The van der Waals surface area contributed by atoms with Crippen molar-refractivity contribution in [3.8, 4) is 0 Å². The van der Waals surface area contributed by atoms with Gasteiger partial charge in [-0.15, -0.1) is 0 Å². The number of nitrogens with one attached hydrogen (secondary N) is 2. The predicted molar refractivity (Wildman–Crippen MR) is 105 cm³/mol. The summed E-state index contributed by atoms with van der Waals surface area (Å²) in [4.78, 5) is 9.71. The molecular weight excluding hydrogens is 347 g/mol. The number of rotatable bonds is 3. The van der Waals surface area contributed by atoms with Crippen LogP contribution in [-0.4, -0.2) is 15.1 Å². The van der Waals surface area contributed by atoms with Crippen LogP contribution in [0.4, 0.5) is 10.1 Å². The molecule has 0 spiro atoms. The lowest BCUT2D eigenvalue weighted by Gasteiger charge is -2.28. The zero-order valence-electron chi connectivity index (χ0n) is 14.5. The number of pyridine rings is 1. The summed E-state index contributed by atoms with van der Waals surface area (Å²) in [5.41, 5.74) is 4.52. The van der Waals surface area contributed by atoms with Gasteiger partial charge in [-0.1, -0.05) is 18.2 Å². The zero-order chi connectivity index (χ0) is 18.3. The Bertz CT molecular complexity index is 953. The monoisotopic (exact) mass is 366 g/mol. The number of aromatic nitrogens is 2. The van der Waals surface area contributed by atoms with Crippen molar-refractivity contribution in [3.63, 3.8) is 0 Å². The lowest BCUT2D eigenvalue weighted by Crippen LogP contribution is -2.30. The smallest absolute Gasteiger partial charge is 0.174 e. The molecule has 2 N–H and O–H groups in total. The van der Waals surface area contributed by atoms with Crippen LogP contribution in [0.5, 0.6) is 0 Å². The maximum Gasteiger partial charge on any atom is 0.174 e. The average Bonchev–Trinajstić information content (AvgIpc) is 3.14. The van der Waals surface area contributed by atoms with Crippen LogP contribution in [0.25, 0.3) is 0 Å². The van der Waals surface area contributed by atoms with Crippen LogP contribution >= 0.6 is 12.2 Å². The fraction of sp³-hybridized carbons (Fsp3) is 0.200. The van der Waals surface area contributed by atoms with Crippen LogP contribution in [0.2, 0.25) is 0 Å². The molecule has 2 atom stereocenters. The molecule has 4 rings (SSSR count). The second-order valence-electron chi connectivity index (χ2n) is 6.48. The second-order valence-corrected chi connectivity index (χ2v) is 6.87. The number of benzene rings is 1. The predicted octanol–water partition coefficient (Wildman–Crippen LogP) is 4.34. The summed E-state index contributed by atoms with van der Waals surface area (Å²) >= 11 is 5.60. The van der Waals surface area contributed by atoms with E-state index in [4.69, 9.17) is 12.2 Å². The number of aromatic amines is 1. The maximum absolute atomic E-state index is 14.6. The number of halogens is 1. The van der Waals surface area contributed by atoms with Gasteiger partial charge in [-0.3, -0.25) is 4.98 Å². The van der Waals surface area contributed by atoms with Crippen molar-refractivity contribution in [2.45, 2.75) is 25.9 Å². The molecule has 4 nitrogen and oxygen atoms in total. The summed E-state index contributed by atoms with van der Waals surface area (Å²) in [6.07, 6.45) is 1.76. The van der Waals surface area contributed by atoms with E-state index in [0.29, 0.717) is 10.8 Å². The van der Waals surface area contributed by atoms with Crippen molar-refractivity contribution < 1.29 is 4.39 Å². The molecule has 0 saturated carbocycles. The lowest BCUT2D eigenvalue weighted by molar-refractivity contribution is 0.557. The minimum absolute atomic E-state index is 0.169. The molecule has 132 valence electrons. The molecule has 26 heavy (non-hydrogen) atoms. The Morgan fingerprint density at radius 1 is 1.12 bits per heavy atom. The van der Waals surface area contributed by atoms with E-state index in [1.54, 1.807) is 18.3 Å². The van der Waals surface area contributed by atoms with Gasteiger partial charge in [0.2, 0.25) is 0 Å². The van der Waals surface area contributed by atoms with E-state index in [1.807, 2.05) is 43.0 Å². The van der Waals surface area contributed by atoms with Crippen molar-refractivity contribution in [1.29, 1.82) is 0 Å². The standard InChI is InChI=1S/C20H19FN4S/c1-12-11-14(13(2)23-12)19-18(16-8-5-6-10-22-16)24-20(26)25(19)17-9-4-3-7-15(17)21/h3-11,18-19,23H,1-2H3,(H,24,26). The van der Waals surface area contributed by atoms with Crippen molar-refractivity contribution in [3.05, 3.63) is 83.2 Å². The van der Waals surface area contributed by atoms with Crippen molar-refractivity contribution in [2.75, 3.05) is 4.90 Å². The van der Waals surface area contributed by atoms with Gasteiger partial charge in [0.1, 0.15) is 5.82 Å². The SMILES string of the molecule is Cc1cc(C2C(c3ccccn3)NC(=S)N2c2ccccc2F)c(C)[nH]1. The van der Waals surface area contributed by atoms with E-state index < -0.39 is 0 Å². The Hall–Kier alpha value is -2.73. The fourth-order valence-corrected chi connectivity index (χ4v) is 3.97. The van der Waals surface area contributed by atoms with Gasteiger partial charge in [-0.05, 0) is 62.0 Å². The van der Waals surface area contributed by atoms with E-state index in [1.165, 1.54) is 6.07 Å². The quantitative estimate of drug-likeness (QED) is 0.677. The first-order chi connectivity index (χ1) is 12.6. The Kier molecular flexibility index (Phi) is 4.20. The molecule has 1 aliphatic heterocycles. The van der Waals surface area contributed by atoms with Crippen molar-refractivity contribution >= 4 is 23.0 Å². The number of hydrogen-bond acceptors (Lipinski definition) is 2. The number of hydrogen-bond donors (Lipinski definition) is 2. The molecule has 2 aromatic heterocycles. The number of nitrogens with zero attached hydrogens (tertiary/aromatic N) is 2. The normalized spacial score (nSPS) is 19.7. The Labute approximate surface area is 157 Å². The summed E-state index contributed by atoms with van der Waals surface area (Å²) in [7, 11) is 0. The molecule has 2 unspecified atom stereocenters. The molecule has 3 heterocycles. The van der Waals surface area contributed by atoms with Crippen molar-refractivity contribution in [1.82, 2.24) is 15.3 Å². The second kappa shape index (κ2) is 6.53. The van der Waals surface area contributed by atoms with Crippen molar-refractivity contribution in [2.24, 2.45) is 0 Å². The van der Waals surface area contributed by atoms with E-state index in [2.05, 4.69) is 21.4 Å². The minimum atomic E-state index is -0.298.